The summed E-state index contributed by atoms with van der Waals surface area (Å²) >= 11 is 0. The molecule has 0 fully saturated rings. The van der Waals surface area contributed by atoms with Crippen LogP contribution in [0.25, 0.3) is 0 Å². The molecule has 0 aliphatic heterocycles. The number of rotatable bonds is 6. The van der Waals surface area contributed by atoms with Gasteiger partial charge in [0.25, 0.3) is 0 Å². The predicted octanol–water partition coefficient (Wildman–Crippen LogP) is 3.26. The van der Waals surface area contributed by atoms with Gasteiger partial charge in [-0.15, -0.1) is 0 Å². The van der Waals surface area contributed by atoms with Gasteiger partial charge in [-0.2, -0.15) is 0 Å². The Morgan fingerprint density at radius 2 is 2.05 bits per heavy atom. The van der Waals surface area contributed by atoms with Crippen LogP contribution in [0.4, 0.5) is 0 Å². The maximum absolute atomic E-state index is 5.98. The Labute approximate surface area is 126 Å². The van der Waals surface area contributed by atoms with Gasteiger partial charge in [-0.1, -0.05) is 6.07 Å². The monoisotopic (exact) mass is 286 g/mol. The van der Waals surface area contributed by atoms with Crippen LogP contribution in [0.5, 0.6) is 11.5 Å². The van der Waals surface area contributed by atoms with Gasteiger partial charge >= 0.3 is 0 Å². The minimum atomic E-state index is 0.210. The number of nitrogens with zero attached hydrogens (tertiary/aromatic N) is 1. The zero-order valence-corrected chi connectivity index (χ0v) is 13.0. The summed E-state index contributed by atoms with van der Waals surface area (Å²) in [6.07, 6.45) is 3.66. The molecule has 0 saturated carbocycles. The van der Waals surface area contributed by atoms with E-state index >= 15 is 0 Å². The average molecular weight is 286 g/mol. The largest absolute Gasteiger partial charge is 0.497 e. The summed E-state index contributed by atoms with van der Waals surface area (Å²) < 4.78 is 11.3. The molecule has 112 valence electrons. The van der Waals surface area contributed by atoms with E-state index in [0.717, 1.165) is 28.2 Å². The maximum Gasteiger partial charge on any atom is 0.128 e. The van der Waals surface area contributed by atoms with Crippen LogP contribution in [0.15, 0.2) is 36.7 Å². The minimum Gasteiger partial charge on any atom is -0.497 e. The Kier molecular flexibility index (Phi) is 5.17. The Hall–Kier alpha value is -2.07. The molecule has 0 saturated heterocycles. The number of aromatic nitrogens is 1. The molecule has 1 N–H and O–H groups in total. The van der Waals surface area contributed by atoms with Crippen LogP contribution in [0, 0.1) is 6.92 Å². The van der Waals surface area contributed by atoms with E-state index in [1.807, 2.05) is 44.6 Å². The zero-order chi connectivity index (χ0) is 15.2. The number of methoxy groups -OCH3 is 1. The molecule has 1 heterocycles. The molecule has 4 nitrogen and oxygen atoms in total. The van der Waals surface area contributed by atoms with Crippen molar-refractivity contribution in [2.24, 2.45) is 0 Å². The molecule has 1 aromatic heterocycles. The summed E-state index contributed by atoms with van der Waals surface area (Å²) in [5.74, 6) is 1.62. The summed E-state index contributed by atoms with van der Waals surface area (Å²) in [6, 6.07) is 8.19. The van der Waals surface area contributed by atoms with E-state index in [-0.39, 0.29) is 6.04 Å². The fraction of sp³-hybridized carbons (Fsp3) is 0.353. The van der Waals surface area contributed by atoms with Crippen LogP contribution < -0.4 is 14.8 Å². The smallest absolute Gasteiger partial charge is 0.128 e. The molecule has 1 atom stereocenters. The van der Waals surface area contributed by atoms with Gasteiger partial charge < -0.3 is 14.8 Å². The third-order valence-corrected chi connectivity index (χ3v) is 3.45. The Morgan fingerprint density at radius 1 is 1.24 bits per heavy atom. The van der Waals surface area contributed by atoms with Crippen LogP contribution in [-0.4, -0.2) is 19.1 Å². The summed E-state index contributed by atoms with van der Waals surface area (Å²) in [7, 11) is 3.59. The Morgan fingerprint density at radius 3 is 2.71 bits per heavy atom. The van der Waals surface area contributed by atoms with Gasteiger partial charge in [-0.25, -0.2) is 0 Å². The molecule has 0 amide bonds. The van der Waals surface area contributed by atoms with E-state index in [1.165, 1.54) is 0 Å². The average Bonchev–Trinajstić information content (AvgIpc) is 2.52. The fourth-order valence-electron chi connectivity index (χ4n) is 2.14. The van der Waals surface area contributed by atoms with Crippen molar-refractivity contribution >= 4 is 0 Å². The van der Waals surface area contributed by atoms with Gasteiger partial charge in [-0.3, -0.25) is 4.98 Å². The van der Waals surface area contributed by atoms with Crippen molar-refractivity contribution in [2.75, 3.05) is 14.2 Å². The number of hydrogen-bond donors (Lipinski definition) is 1. The van der Waals surface area contributed by atoms with E-state index in [9.17, 15) is 0 Å². The van der Waals surface area contributed by atoms with Crippen molar-refractivity contribution in [3.8, 4) is 11.5 Å². The highest BCUT2D eigenvalue weighted by Crippen LogP contribution is 2.30. The van der Waals surface area contributed by atoms with E-state index < -0.39 is 0 Å². The standard InChI is InChI=1S/C17H22N2O2/c1-12-7-14(10-19-9-12)11-21-17-8-15(20-4)5-6-16(17)13(2)18-3/h5-10,13,18H,11H2,1-4H3. The van der Waals surface area contributed by atoms with Crippen LogP contribution in [-0.2, 0) is 6.61 Å². The maximum atomic E-state index is 5.98. The third-order valence-electron chi connectivity index (χ3n) is 3.45. The Balaban J connectivity index is 2.20. The molecule has 1 unspecified atom stereocenters. The molecule has 0 radical (unpaired) electrons. The quantitative estimate of drug-likeness (QED) is 0.885. The highest BCUT2D eigenvalue weighted by atomic mass is 16.5. The van der Waals surface area contributed by atoms with Crippen molar-refractivity contribution in [3.63, 3.8) is 0 Å². The van der Waals surface area contributed by atoms with Crippen molar-refractivity contribution in [1.82, 2.24) is 10.3 Å². The lowest BCUT2D eigenvalue weighted by molar-refractivity contribution is 0.297. The predicted molar refractivity (Wildman–Crippen MR) is 83.8 cm³/mol. The molecular formula is C17H22N2O2. The summed E-state index contributed by atoms with van der Waals surface area (Å²) in [4.78, 5) is 4.19. The van der Waals surface area contributed by atoms with Gasteiger partial charge in [-0.05, 0) is 38.6 Å². The first-order valence-corrected chi connectivity index (χ1v) is 7.02. The van der Waals surface area contributed by atoms with Crippen molar-refractivity contribution in [1.29, 1.82) is 0 Å². The van der Waals surface area contributed by atoms with Gasteiger partial charge in [0.2, 0.25) is 0 Å². The summed E-state index contributed by atoms with van der Waals surface area (Å²) in [5.41, 5.74) is 3.30. The van der Waals surface area contributed by atoms with E-state index in [0.29, 0.717) is 6.61 Å². The van der Waals surface area contributed by atoms with E-state index in [1.54, 1.807) is 7.11 Å². The van der Waals surface area contributed by atoms with Crippen molar-refractivity contribution < 1.29 is 9.47 Å². The second-order valence-corrected chi connectivity index (χ2v) is 5.07. The van der Waals surface area contributed by atoms with Gasteiger partial charge in [0.1, 0.15) is 18.1 Å². The highest BCUT2D eigenvalue weighted by molar-refractivity contribution is 5.42. The Bertz CT molecular complexity index is 599. The number of ether oxygens (including phenoxy) is 2. The van der Waals surface area contributed by atoms with Gasteiger partial charge in [0.15, 0.2) is 0 Å². The zero-order valence-electron chi connectivity index (χ0n) is 13.0. The van der Waals surface area contributed by atoms with Crippen LogP contribution in [0.2, 0.25) is 0 Å². The first-order chi connectivity index (χ1) is 10.1. The van der Waals surface area contributed by atoms with E-state index in [2.05, 4.69) is 23.3 Å². The fourth-order valence-corrected chi connectivity index (χ4v) is 2.14. The molecular weight excluding hydrogens is 264 g/mol. The lowest BCUT2D eigenvalue weighted by Gasteiger charge is -2.17. The normalized spacial score (nSPS) is 12.0. The second kappa shape index (κ2) is 7.09. The van der Waals surface area contributed by atoms with Crippen LogP contribution >= 0.6 is 0 Å². The lowest BCUT2D eigenvalue weighted by Crippen LogP contribution is -2.14. The number of benzene rings is 1. The molecule has 0 aliphatic rings. The second-order valence-electron chi connectivity index (χ2n) is 5.07. The molecule has 2 rings (SSSR count). The molecule has 0 aliphatic carbocycles. The van der Waals surface area contributed by atoms with Crippen molar-refractivity contribution in [3.05, 3.63) is 53.3 Å². The lowest BCUT2D eigenvalue weighted by atomic mass is 10.1. The first-order valence-electron chi connectivity index (χ1n) is 7.02. The summed E-state index contributed by atoms with van der Waals surface area (Å²) in [5, 5.41) is 3.23. The number of pyridine rings is 1. The topological polar surface area (TPSA) is 43.4 Å². The molecule has 1 aromatic carbocycles. The third kappa shape index (κ3) is 3.95. The molecule has 2 aromatic rings. The highest BCUT2D eigenvalue weighted by Gasteiger charge is 2.11. The molecule has 4 heteroatoms. The summed E-state index contributed by atoms with van der Waals surface area (Å²) in [6.45, 7) is 4.62. The van der Waals surface area contributed by atoms with Gasteiger partial charge in [0.05, 0.1) is 7.11 Å². The van der Waals surface area contributed by atoms with Gasteiger partial charge in [0, 0.05) is 35.6 Å². The van der Waals surface area contributed by atoms with E-state index in [4.69, 9.17) is 9.47 Å². The van der Waals surface area contributed by atoms with Crippen LogP contribution in [0.1, 0.15) is 29.7 Å². The van der Waals surface area contributed by atoms with Crippen molar-refractivity contribution in [2.45, 2.75) is 26.5 Å². The first kappa shape index (κ1) is 15.3. The number of nitrogens with one attached hydrogen (secondary N) is 1. The molecule has 0 spiro atoms. The minimum absolute atomic E-state index is 0.210. The molecule has 0 bridgehead atoms. The number of hydrogen-bond acceptors (Lipinski definition) is 4. The SMILES string of the molecule is CNC(C)c1ccc(OC)cc1OCc1cncc(C)c1. The molecule has 21 heavy (non-hydrogen) atoms. The van der Waals surface area contributed by atoms with Crippen LogP contribution in [0.3, 0.4) is 0 Å². The number of aryl methyl sites for hydroxylation is 1.